The van der Waals surface area contributed by atoms with Crippen molar-refractivity contribution in [3.63, 3.8) is 0 Å². The van der Waals surface area contributed by atoms with E-state index in [-0.39, 0.29) is 0 Å². The first-order chi connectivity index (χ1) is 6.72. The van der Waals surface area contributed by atoms with Gasteiger partial charge >= 0.3 is 0 Å². The molecule has 1 aliphatic heterocycles. The minimum absolute atomic E-state index is 0.457. The predicted molar refractivity (Wildman–Crippen MR) is 63.0 cm³/mol. The molecule has 2 rings (SSSR count). The maximum absolute atomic E-state index is 5.73. The molecule has 0 saturated heterocycles. The van der Waals surface area contributed by atoms with E-state index < -0.39 is 0 Å². The number of rotatable bonds is 1. The van der Waals surface area contributed by atoms with Gasteiger partial charge in [-0.2, -0.15) is 0 Å². The highest BCUT2D eigenvalue weighted by Crippen LogP contribution is 2.38. The molecule has 0 saturated carbocycles. The minimum atomic E-state index is 0.457. The smallest absolute Gasteiger partial charge is 0.0510 e. The fourth-order valence-corrected chi connectivity index (χ4v) is 2.95. The number of benzene rings is 1. The van der Waals surface area contributed by atoms with Crippen molar-refractivity contribution in [1.29, 1.82) is 0 Å². The third-order valence-electron chi connectivity index (χ3n) is 2.67. The third-order valence-corrected chi connectivity index (χ3v) is 4.17. The van der Waals surface area contributed by atoms with Gasteiger partial charge in [0.25, 0.3) is 0 Å². The second kappa shape index (κ2) is 3.83. The Morgan fingerprint density at radius 3 is 3.00 bits per heavy atom. The summed E-state index contributed by atoms with van der Waals surface area (Å²) in [6.07, 6.45) is 0. The Kier molecular flexibility index (Phi) is 2.70. The number of hydrogen-bond acceptors (Lipinski definition) is 3. The van der Waals surface area contributed by atoms with Crippen molar-refractivity contribution in [3.05, 3.63) is 23.8 Å². The van der Waals surface area contributed by atoms with E-state index in [0.29, 0.717) is 11.3 Å². The average Bonchev–Trinajstić information content (AvgIpc) is 2.19. The lowest BCUT2D eigenvalue weighted by Gasteiger charge is -2.32. The zero-order chi connectivity index (χ0) is 10.1. The molecule has 14 heavy (non-hydrogen) atoms. The zero-order valence-corrected chi connectivity index (χ0v) is 9.40. The topological polar surface area (TPSA) is 38.0 Å². The van der Waals surface area contributed by atoms with Gasteiger partial charge in [-0.15, -0.1) is 11.8 Å². The first-order valence-electron chi connectivity index (χ1n) is 4.95. The number of aryl methyl sites for hydroxylation is 1. The molecule has 0 spiro atoms. The maximum Gasteiger partial charge on any atom is 0.0510 e. The van der Waals surface area contributed by atoms with Gasteiger partial charge in [-0.05, 0) is 25.5 Å². The third kappa shape index (κ3) is 1.62. The predicted octanol–water partition coefficient (Wildman–Crippen LogP) is 2.23. The van der Waals surface area contributed by atoms with Crippen LogP contribution in [0.3, 0.4) is 0 Å². The Morgan fingerprint density at radius 2 is 2.29 bits per heavy atom. The van der Waals surface area contributed by atoms with Crippen LogP contribution in [0.4, 0.5) is 5.69 Å². The molecule has 1 aliphatic rings. The van der Waals surface area contributed by atoms with E-state index in [1.165, 1.54) is 16.1 Å². The molecule has 1 heterocycles. The summed E-state index contributed by atoms with van der Waals surface area (Å²) in [5, 5.41) is 4.02. The zero-order valence-electron chi connectivity index (χ0n) is 8.58. The molecule has 76 valence electrons. The summed E-state index contributed by atoms with van der Waals surface area (Å²) in [5.74, 6) is 0. The highest BCUT2D eigenvalue weighted by atomic mass is 32.2. The van der Waals surface area contributed by atoms with Crippen LogP contribution in [0.15, 0.2) is 23.1 Å². The van der Waals surface area contributed by atoms with Crippen LogP contribution in [0.1, 0.15) is 12.5 Å². The van der Waals surface area contributed by atoms with Gasteiger partial charge in [0.15, 0.2) is 0 Å². The summed E-state index contributed by atoms with van der Waals surface area (Å²) >= 11 is 1.89. The standard InChI is InChI=1S/C11H16N2S/c1-7-4-3-5-9-11(7)13-8(2)10(6-12)14-9/h3-5,8,10,13H,6,12H2,1-2H3. The van der Waals surface area contributed by atoms with Gasteiger partial charge in [0, 0.05) is 22.7 Å². The molecule has 0 aliphatic carbocycles. The monoisotopic (exact) mass is 208 g/mol. The van der Waals surface area contributed by atoms with Crippen molar-refractivity contribution in [2.75, 3.05) is 11.9 Å². The van der Waals surface area contributed by atoms with E-state index in [1.54, 1.807) is 0 Å². The van der Waals surface area contributed by atoms with Gasteiger partial charge < -0.3 is 11.1 Å². The van der Waals surface area contributed by atoms with E-state index in [1.807, 2.05) is 11.8 Å². The second-order valence-electron chi connectivity index (χ2n) is 3.77. The molecule has 3 N–H and O–H groups in total. The van der Waals surface area contributed by atoms with Crippen molar-refractivity contribution in [2.45, 2.75) is 30.0 Å². The number of fused-ring (bicyclic) bond motifs is 1. The Labute approximate surface area is 89.3 Å². The second-order valence-corrected chi connectivity index (χ2v) is 5.05. The van der Waals surface area contributed by atoms with Crippen molar-refractivity contribution < 1.29 is 0 Å². The van der Waals surface area contributed by atoms with Crippen molar-refractivity contribution in [2.24, 2.45) is 5.73 Å². The Morgan fingerprint density at radius 1 is 1.50 bits per heavy atom. The van der Waals surface area contributed by atoms with Crippen LogP contribution in [0, 0.1) is 6.92 Å². The highest BCUT2D eigenvalue weighted by Gasteiger charge is 2.24. The number of nitrogens with two attached hydrogens (primary N) is 1. The number of para-hydroxylation sites is 1. The highest BCUT2D eigenvalue weighted by molar-refractivity contribution is 8.00. The Bertz CT molecular complexity index is 338. The summed E-state index contributed by atoms with van der Waals surface area (Å²) in [4.78, 5) is 1.33. The lowest BCUT2D eigenvalue weighted by Crippen LogP contribution is -2.37. The van der Waals surface area contributed by atoms with Crippen LogP contribution in [0.2, 0.25) is 0 Å². The van der Waals surface area contributed by atoms with Gasteiger partial charge in [-0.3, -0.25) is 0 Å². The number of nitrogens with one attached hydrogen (secondary N) is 1. The molecule has 2 unspecified atom stereocenters. The summed E-state index contributed by atoms with van der Waals surface area (Å²) in [7, 11) is 0. The van der Waals surface area contributed by atoms with Gasteiger partial charge in [0.05, 0.1) is 5.69 Å². The fourth-order valence-electron chi connectivity index (χ4n) is 1.76. The van der Waals surface area contributed by atoms with Crippen LogP contribution in [-0.4, -0.2) is 17.8 Å². The molecule has 0 bridgehead atoms. The molecule has 2 nitrogen and oxygen atoms in total. The van der Waals surface area contributed by atoms with E-state index in [0.717, 1.165) is 6.54 Å². The van der Waals surface area contributed by atoms with Crippen molar-refractivity contribution >= 4 is 17.4 Å². The summed E-state index contributed by atoms with van der Waals surface area (Å²) in [6.45, 7) is 5.06. The van der Waals surface area contributed by atoms with Gasteiger partial charge in [0.2, 0.25) is 0 Å². The van der Waals surface area contributed by atoms with Crippen LogP contribution < -0.4 is 11.1 Å². The molecule has 1 aromatic carbocycles. The van der Waals surface area contributed by atoms with Crippen LogP contribution >= 0.6 is 11.8 Å². The minimum Gasteiger partial charge on any atom is -0.380 e. The van der Waals surface area contributed by atoms with E-state index >= 15 is 0 Å². The van der Waals surface area contributed by atoms with E-state index in [9.17, 15) is 0 Å². The van der Waals surface area contributed by atoms with Crippen LogP contribution in [-0.2, 0) is 0 Å². The average molecular weight is 208 g/mol. The first kappa shape index (κ1) is 9.87. The summed E-state index contributed by atoms with van der Waals surface area (Å²) < 4.78 is 0. The van der Waals surface area contributed by atoms with Crippen molar-refractivity contribution in [3.8, 4) is 0 Å². The quantitative estimate of drug-likeness (QED) is 0.743. The van der Waals surface area contributed by atoms with Crippen molar-refractivity contribution in [1.82, 2.24) is 0 Å². The molecular formula is C11H16N2S. The van der Waals surface area contributed by atoms with E-state index in [4.69, 9.17) is 5.73 Å². The molecule has 3 heteroatoms. The Hall–Kier alpha value is -0.670. The normalized spacial score (nSPS) is 25.4. The molecule has 0 radical (unpaired) electrons. The lowest BCUT2D eigenvalue weighted by atomic mass is 10.1. The summed E-state index contributed by atoms with van der Waals surface area (Å²) in [5.41, 5.74) is 8.33. The number of hydrogen-bond donors (Lipinski definition) is 2. The van der Waals surface area contributed by atoms with Gasteiger partial charge in [0.1, 0.15) is 0 Å². The molecule has 0 aromatic heterocycles. The number of thioether (sulfide) groups is 1. The Balaban J connectivity index is 2.35. The molecule has 0 fully saturated rings. The van der Waals surface area contributed by atoms with Gasteiger partial charge in [-0.25, -0.2) is 0 Å². The largest absolute Gasteiger partial charge is 0.380 e. The van der Waals surface area contributed by atoms with Crippen LogP contribution in [0.5, 0.6) is 0 Å². The molecular weight excluding hydrogens is 192 g/mol. The fraction of sp³-hybridized carbons (Fsp3) is 0.455. The molecule has 2 atom stereocenters. The van der Waals surface area contributed by atoms with E-state index in [2.05, 4.69) is 37.4 Å². The van der Waals surface area contributed by atoms with Crippen LogP contribution in [0.25, 0.3) is 0 Å². The SMILES string of the molecule is Cc1cccc2c1NC(C)C(CN)S2. The molecule has 0 amide bonds. The number of anilines is 1. The molecule has 1 aromatic rings. The summed E-state index contributed by atoms with van der Waals surface area (Å²) in [6, 6.07) is 6.86. The first-order valence-corrected chi connectivity index (χ1v) is 5.83. The van der Waals surface area contributed by atoms with Gasteiger partial charge in [-0.1, -0.05) is 12.1 Å². The lowest BCUT2D eigenvalue weighted by molar-refractivity contribution is 0.722. The maximum atomic E-state index is 5.73.